The molecule has 2 rings (SSSR count). The summed E-state index contributed by atoms with van der Waals surface area (Å²) in [4.78, 5) is 13.0. The zero-order valence-corrected chi connectivity index (χ0v) is 7.79. The van der Waals surface area contributed by atoms with Gasteiger partial charge < -0.3 is 9.64 Å². The van der Waals surface area contributed by atoms with Gasteiger partial charge >= 0.3 is 6.09 Å². The van der Waals surface area contributed by atoms with Crippen LogP contribution in [0.2, 0.25) is 0 Å². The molecule has 74 valence electrons. The Kier molecular flexibility index (Phi) is 2.15. The summed E-state index contributed by atoms with van der Waals surface area (Å²) in [7, 11) is 0. The van der Waals surface area contributed by atoms with E-state index in [-0.39, 0.29) is 12.8 Å². The summed E-state index contributed by atoms with van der Waals surface area (Å²) < 4.78 is 4.73. The minimum absolute atomic E-state index is 0.0134. The minimum atomic E-state index is -0.252. The third-order valence-corrected chi connectivity index (χ3v) is 3.25. The van der Waals surface area contributed by atoms with Gasteiger partial charge in [0.05, 0.1) is 0 Å². The van der Waals surface area contributed by atoms with Crippen LogP contribution >= 0.6 is 0 Å². The fourth-order valence-electron chi connectivity index (χ4n) is 2.00. The molecule has 2 fully saturated rings. The Hall–Kier alpha value is -0.770. The lowest BCUT2D eigenvalue weighted by molar-refractivity contribution is 0.0871. The summed E-state index contributed by atoms with van der Waals surface area (Å²) >= 11 is 0. The first-order valence-corrected chi connectivity index (χ1v) is 4.88. The number of hydrogen-bond donors (Lipinski definition) is 1. The first kappa shape index (κ1) is 8.81. The van der Waals surface area contributed by atoms with Crippen LogP contribution in [-0.2, 0) is 4.74 Å². The molecule has 0 aromatic heterocycles. The molecule has 0 bridgehead atoms. The SMILES string of the molecule is NCOC(=O)N1CCC2(CC1)CC2. The highest BCUT2D eigenvalue weighted by molar-refractivity contribution is 5.67. The Balaban J connectivity index is 1.80. The van der Waals surface area contributed by atoms with Crippen LogP contribution in [0.15, 0.2) is 0 Å². The van der Waals surface area contributed by atoms with Crippen molar-refractivity contribution >= 4 is 6.09 Å². The van der Waals surface area contributed by atoms with E-state index in [0.717, 1.165) is 25.9 Å². The van der Waals surface area contributed by atoms with Crippen molar-refractivity contribution in [1.82, 2.24) is 4.90 Å². The van der Waals surface area contributed by atoms with E-state index in [1.54, 1.807) is 4.90 Å². The lowest BCUT2D eigenvalue weighted by Crippen LogP contribution is -2.40. The van der Waals surface area contributed by atoms with Gasteiger partial charge in [0, 0.05) is 13.1 Å². The van der Waals surface area contributed by atoms with Crippen LogP contribution in [0, 0.1) is 5.41 Å². The molecule has 0 radical (unpaired) electrons. The number of hydrogen-bond acceptors (Lipinski definition) is 3. The lowest BCUT2D eigenvalue weighted by Gasteiger charge is -2.31. The van der Waals surface area contributed by atoms with Crippen LogP contribution in [0.1, 0.15) is 25.7 Å². The summed E-state index contributed by atoms with van der Waals surface area (Å²) in [6, 6.07) is 0. The van der Waals surface area contributed by atoms with Gasteiger partial charge in [-0.3, -0.25) is 5.73 Å². The molecule has 4 nitrogen and oxygen atoms in total. The van der Waals surface area contributed by atoms with Crippen molar-refractivity contribution in [1.29, 1.82) is 0 Å². The van der Waals surface area contributed by atoms with Crippen molar-refractivity contribution in [2.24, 2.45) is 11.1 Å². The Bertz CT molecular complexity index is 204. The Labute approximate surface area is 78.0 Å². The number of amides is 1. The van der Waals surface area contributed by atoms with Gasteiger partial charge in [-0.2, -0.15) is 0 Å². The molecule has 13 heavy (non-hydrogen) atoms. The Morgan fingerprint density at radius 1 is 1.31 bits per heavy atom. The maximum atomic E-state index is 11.3. The molecule has 1 saturated heterocycles. The van der Waals surface area contributed by atoms with Gasteiger partial charge in [-0.05, 0) is 31.1 Å². The molecule has 0 atom stereocenters. The Morgan fingerprint density at radius 2 is 1.92 bits per heavy atom. The molecule has 4 heteroatoms. The highest BCUT2D eigenvalue weighted by Gasteiger charge is 2.45. The van der Waals surface area contributed by atoms with E-state index in [4.69, 9.17) is 10.5 Å². The number of rotatable bonds is 1. The molecular formula is C9H16N2O2. The molecule has 0 unspecified atom stereocenters. The van der Waals surface area contributed by atoms with Crippen LogP contribution in [0.5, 0.6) is 0 Å². The number of carbonyl (C=O) groups excluding carboxylic acids is 1. The molecule has 1 heterocycles. The van der Waals surface area contributed by atoms with Gasteiger partial charge in [0.15, 0.2) is 0 Å². The van der Waals surface area contributed by atoms with Gasteiger partial charge in [0.1, 0.15) is 6.73 Å². The monoisotopic (exact) mass is 184 g/mol. The van der Waals surface area contributed by atoms with E-state index in [0.29, 0.717) is 5.41 Å². The smallest absolute Gasteiger partial charge is 0.411 e. The molecular weight excluding hydrogens is 168 g/mol. The maximum absolute atomic E-state index is 11.3. The summed E-state index contributed by atoms with van der Waals surface area (Å²) in [6.07, 6.45) is 4.75. The molecule has 0 aromatic carbocycles. The third kappa shape index (κ3) is 1.77. The molecule has 2 N–H and O–H groups in total. The van der Waals surface area contributed by atoms with Crippen LogP contribution in [0.4, 0.5) is 4.79 Å². The Morgan fingerprint density at radius 3 is 2.38 bits per heavy atom. The van der Waals surface area contributed by atoms with Crippen molar-refractivity contribution in [2.45, 2.75) is 25.7 Å². The van der Waals surface area contributed by atoms with Gasteiger partial charge in [0.25, 0.3) is 0 Å². The van der Waals surface area contributed by atoms with Crippen molar-refractivity contribution < 1.29 is 9.53 Å². The van der Waals surface area contributed by atoms with Crippen LogP contribution in [0.25, 0.3) is 0 Å². The van der Waals surface area contributed by atoms with Gasteiger partial charge in [-0.1, -0.05) is 0 Å². The normalized spacial score (nSPS) is 24.5. The molecule has 1 spiro atoms. The second-order valence-electron chi connectivity index (χ2n) is 4.06. The summed E-state index contributed by atoms with van der Waals surface area (Å²) in [6.45, 7) is 1.68. The first-order valence-electron chi connectivity index (χ1n) is 4.88. The predicted octanol–water partition coefficient (Wildman–Crippen LogP) is 0.915. The van der Waals surface area contributed by atoms with Crippen molar-refractivity contribution in [2.75, 3.05) is 19.8 Å². The highest BCUT2D eigenvalue weighted by Crippen LogP contribution is 2.53. The lowest BCUT2D eigenvalue weighted by atomic mass is 9.94. The second kappa shape index (κ2) is 3.18. The minimum Gasteiger partial charge on any atom is -0.434 e. The number of nitrogens with zero attached hydrogens (tertiary/aromatic N) is 1. The van der Waals surface area contributed by atoms with Gasteiger partial charge in [0.2, 0.25) is 0 Å². The van der Waals surface area contributed by atoms with E-state index >= 15 is 0 Å². The molecule has 1 amide bonds. The van der Waals surface area contributed by atoms with Crippen molar-refractivity contribution in [3.8, 4) is 0 Å². The zero-order valence-electron chi connectivity index (χ0n) is 7.79. The number of likely N-dealkylation sites (tertiary alicyclic amines) is 1. The fourth-order valence-corrected chi connectivity index (χ4v) is 2.00. The van der Waals surface area contributed by atoms with E-state index in [2.05, 4.69) is 0 Å². The molecule has 1 saturated carbocycles. The van der Waals surface area contributed by atoms with E-state index in [1.807, 2.05) is 0 Å². The van der Waals surface area contributed by atoms with E-state index in [9.17, 15) is 4.79 Å². The molecule has 1 aliphatic heterocycles. The summed E-state index contributed by atoms with van der Waals surface area (Å²) in [5.74, 6) is 0. The summed E-state index contributed by atoms with van der Waals surface area (Å²) in [5.41, 5.74) is 5.74. The maximum Gasteiger partial charge on any atom is 0.411 e. The average Bonchev–Trinajstić information content (AvgIpc) is 2.87. The quantitative estimate of drug-likeness (QED) is 0.616. The third-order valence-electron chi connectivity index (χ3n) is 3.25. The molecule has 2 aliphatic rings. The topological polar surface area (TPSA) is 55.6 Å². The van der Waals surface area contributed by atoms with Crippen molar-refractivity contribution in [3.63, 3.8) is 0 Å². The fraction of sp³-hybridized carbons (Fsp3) is 0.889. The van der Waals surface area contributed by atoms with Crippen LogP contribution in [0.3, 0.4) is 0 Å². The van der Waals surface area contributed by atoms with Gasteiger partial charge in [-0.15, -0.1) is 0 Å². The largest absolute Gasteiger partial charge is 0.434 e. The number of ether oxygens (including phenoxy) is 1. The van der Waals surface area contributed by atoms with Crippen LogP contribution in [-0.4, -0.2) is 30.8 Å². The number of carbonyl (C=O) groups is 1. The zero-order chi connectivity index (χ0) is 9.31. The number of piperidine rings is 1. The average molecular weight is 184 g/mol. The van der Waals surface area contributed by atoms with Gasteiger partial charge in [-0.25, -0.2) is 4.79 Å². The summed E-state index contributed by atoms with van der Waals surface area (Å²) in [5, 5.41) is 0. The first-order chi connectivity index (χ1) is 6.26. The van der Waals surface area contributed by atoms with Crippen LogP contribution < -0.4 is 5.73 Å². The predicted molar refractivity (Wildman–Crippen MR) is 48.0 cm³/mol. The van der Waals surface area contributed by atoms with Crippen molar-refractivity contribution in [3.05, 3.63) is 0 Å². The highest BCUT2D eigenvalue weighted by atomic mass is 16.6. The molecule has 0 aromatic rings. The van der Waals surface area contributed by atoms with E-state index in [1.165, 1.54) is 12.8 Å². The van der Waals surface area contributed by atoms with E-state index < -0.39 is 0 Å². The second-order valence-corrected chi connectivity index (χ2v) is 4.06. The number of nitrogens with two attached hydrogens (primary N) is 1. The molecule has 1 aliphatic carbocycles. The standard InChI is InChI=1S/C9H16N2O2/c10-7-13-8(12)11-5-3-9(1-2-9)4-6-11/h1-7,10H2.